The first kappa shape index (κ1) is 21.0. The molecule has 0 aromatic heterocycles. The summed E-state index contributed by atoms with van der Waals surface area (Å²) < 4.78 is 6.10. The van der Waals surface area contributed by atoms with Gasteiger partial charge in [-0.15, -0.1) is 0 Å². The molecule has 2 heterocycles. The van der Waals surface area contributed by atoms with Crippen LogP contribution in [0.5, 0.6) is 5.75 Å². The van der Waals surface area contributed by atoms with Crippen molar-refractivity contribution in [2.45, 2.75) is 12.1 Å². The number of nitrogens with zero attached hydrogens (tertiary/aromatic N) is 2. The third-order valence-electron chi connectivity index (χ3n) is 5.71. The molecule has 2 fully saturated rings. The molecule has 2 saturated heterocycles. The lowest BCUT2D eigenvalue weighted by Gasteiger charge is -2.29. The molecule has 0 saturated carbocycles. The third-order valence-corrected chi connectivity index (χ3v) is 6.56. The summed E-state index contributed by atoms with van der Waals surface area (Å²) in [6.07, 6.45) is -0.937. The Kier molecular flexibility index (Phi) is 5.41. The molecule has 2 aliphatic rings. The fraction of sp³-hybridized carbons (Fsp3) is 0.167. The molecule has 3 aromatic carbocycles. The number of anilines is 2. The third kappa shape index (κ3) is 3.37. The van der Waals surface area contributed by atoms with E-state index in [1.165, 1.54) is 4.90 Å². The van der Waals surface area contributed by atoms with Crippen molar-refractivity contribution in [3.63, 3.8) is 0 Å². The highest BCUT2D eigenvalue weighted by Crippen LogP contribution is 2.48. The van der Waals surface area contributed by atoms with E-state index in [2.05, 4.69) is 15.9 Å². The average molecular weight is 514 g/mol. The lowest BCUT2D eigenvalue weighted by Crippen LogP contribution is -2.37. The van der Waals surface area contributed by atoms with Gasteiger partial charge in [0.05, 0.1) is 29.0 Å². The topological polar surface area (TPSA) is 59.1 Å². The van der Waals surface area contributed by atoms with Gasteiger partial charge in [-0.3, -0.25) is 14.4 Å². The normalized spacial score (nSPS) is 22.4. The summed E-state index contributed by atoms with van der Waals surface area (Å²) >= 11 is 9.63. The number of carbonyl (C=O) groups excluding carboxylic acids is 2. The van der Waals surface area contributed by atoms with Gasteiger partial charge >= 0.3 is 0 Å². The summed E-state index contributed by atoms with van der Waals surface area (Å²) in [5, 5.41) is 2.11. The van der Waals surface area contributed by atoms with Crippen LogP contribution in [0.15, 0.2) is 77.3 Å². The number of ether oxygens (including phenoxy) is 1. The predicted octanol–water partition coefficient (Wildman–Crippen LogP) is 5.16. The predicted molar refractivity (Wildman–Crippen MR) is 125 cm³/mol. The maximum absolute atomic E-state index is 13.6. The number of carbonyl (C=O) groups is 2. The van der Waals surface area contributed by atoms with E-state index in [-0.39, 0.29) is 5.91 Å². The molecule has 0 aliphatic carbocycles. The van der Waals surface area contributed by atoms with Crippen LogP contribution in [0.2, 0.25) is 5.02 Å². The van der Waals surface area contributed by atoms with Gasteiger partial charge in [0.15, 0.2) is 6.10 Å². The van der Waals surface area contributed by atoms with Gasteiger partial charge in [0, 0.05) is 5.02 Å². The van der Waals surface area contributed by atoms with Crippen molar-refractivity contribution in [3.05, 3.63) is 87.9 Å². The van der Waals surface area contributed by atoms with Crippen molar-refractivity contribution in [3.8, 4) is 5.75 Å². The average Bonchev–Trinajstić information content (AvgIpc) is 3.30. The van der Waals surface area contributed by atoms with E-state index < -0.39 is 24.0 Å². The molecule has 3 aromatic rings. The Morgan fingerprint density at radius 3 is 2.38 bits per heavy atom. The molecule has 0 bridgehead atoms. The van der Waals surface area contributed by atoms with Crippen LogP contribution >= 0.6 is 27.5 Å². The second kappa shape index (κ2) is 8.24. The Labute approximate surface area is 198 Å². The monoisotopic (exact) mass is 512 g/mol. The number of imide groups is 1. The van der Waals surface area contributed by atoms with Gasteiger partial charge in [0.2, 0.25) is 5.91 Å². The largest absolute Gasteiger partial charge is 0.496 e. The number of fused-ring (bicyclic) bond motifs is 1. The van der Waals surface area contributed by atoms with Crippen molar-refractivity contribution in [2.75, 3.05) is 17.1 Å². The molecule has 0 N–H and O–H groups in total. The van der Waals surface area contributed by atoms with Crippen molar-refractivity contribution in [2.24, 2.45) is 5.92 Å². The number of rotatable bonds is 4. The van der Waals surface area contributed by atoms with Crippen LogP contribution in [0, 0.1) is 5.92 Å². The van der Waals surface area contributed by atoms with Gasteiger partial charge in [-0.05, 0) is 64.0 Å². The maximum Gasteiger partial charge on any atom is 0.266 e. The molecule has 3 atom stereocenters. The van der Waals surface area contributed by atoms with E-state index in [4.69, 9.17) is 21.2 Å². The molecule has 6 nitrogen and oxygen atoms in total. The summed E-state index contributed by atoms with van der Waals surface area (Å²) in [6.45, 7) is 0. The zero-order chi connectivity index (χ0) is 22.4. The molecule has 8 heteroatoms. The standard InChI is InChI=1S/C24H18BrClN2O4/c1-31-19-11-10-14(12-18(19)25)21-20-22(32-28(21)16-7-3-2-4-8-16)24(30)27(23(20)29)17-9-5-6-15(26)13-17/h2-13,20-22H,1H3/t20-,21-,22-/m0/s1. The van der Waals surface area contributed by atoms with E-state index >= 15 is 0 Å². The minimum atomic E-state index is -0.937. The summed E-state index contributed by atoms with van der Waals surface area (Å²) in [5.74, 6) is -0.775. The van der Waals surface area contributed by atoms with Crippen molar-refractivity contribution in [1.82, 2.24) is 0 Å². The first-order valence-electron chi connectivity index (χ1n) is 9.97. The highest BCUT2D eigenvalue weighted by molar-refractivity contribution is 9.10. The number of methoxy groups -OCH3 is 1. The fourth-order valence-electron chi connectivity index (χ4n) is 4.29. The zero-order valence-electron chi connectivity index (χ0n) is 16.9. The second-order valence-electron chi connectivity index (χ2n) is 7.54. The van der Waals surface area contributed by atoms with Gasteiger partial charge in [-0.1, -0.05) is 41.9 Å². The van der Waals surface area contributed by atoms with Crippen LogP contribution < -0.4 is 14.7 Å². The Balaban J connectivity index is 1.60. The Morgan fingerprint density at radius 1 is 0.938 bits per heavy atom. The van der Waals surface area contributed by atoms with Crippen LogP contribution in [0.1, 0.15) is 11.6 Å². The molecule has 5 rings (SSSR count). The Bertz CT molecular complexity index is 1210. The van der Waals surface area contributed by atoms with Gasteiger partial charge < -0.3 is 4.74 Å². The first-order chi connectivity index (χ1) is 15.5. The van der Waals surface area contributed by atoms with E-state index in [1.807, 2.05) is 48.5 Å². The van der Waals surface area contributed by atoms with Crippen LogP contribution in [0.25, 0.3) is 0 Å². The van der Waals surface area contributed by atoms with Gasteiger partial charge in [-0.2, -0.15) is 0 Å². The lowest BCUT2D eigenvalue weighted by molar-refractivity contribution is -0.126. The van der Waals surface area contributed by atoms with E-state index in [0.717, 1.165) is 15.7 Å². The summed E-state index contributed by atoms with van der Waals surface area (Å²) in [6, 6.07) is 21.2. The highest BCUT2D eigenvalue weighted by Gasteiger charge is 2.60. The van der Waals surface area contributed by atoms with Gasteiger partial charge in [0.1, 0.15) is 11.7 Å². The number of hydrogen-bond donors (Lipinski definition) is 0. The highest BCUT2D eigenvalue weighted by atomic mass is 79.9. The SMILES string of the molecule is COc1ccc([C@H]2[C@@H]3C(=O)N(c4cccc(Cl)c4)C(=O)[C@H]3ON2c2ccccc2)cc1Br. The second-order valence-corrected chi connectivity index (χ2v) is 8.83. The number of amides is 2. The number of benzene rings is 3. The summed E-state index contributed by atoms with van der Waals surface area (Å²) in [4.78, 5) is 34.2. The lowest BCUT2D eigenvalue weighted by atomic mass is 9.90. The van der Waals surface area contributed by atoms with Crippen molar-refractivity contribution in [1.29, 1.82) is 0 Å². The van der Waals surface area contributed by atoms with Crippen LogP contribution in [-0.2, 0) is 14.4 Å². The molecule has 32 heavy (non-hydrogen) atoms. The number of para-hydroxylation sites is 1. The molecule has 0 spiro atoms. The number of hydroxylamine groups is 1. The van der Waals surface area contributed by atoms with Crippen molar-refractivity contribution < 1.29 is 19.2 Å². The van der Waals surface area contributed by atoms with Gasteiger partial charge in [-0.25, -0.2) is 9.96 Å². The minimum Gasteiger partial charge on any atom is -0.496 e. The summed E-state index contributed by atoms with van der Waals surface area (Å²) in [7, 11) is 1.59. The van der Waals surface area contributed by atoms with Gasteiger partial charge in [0.25, 0.3) is 5.91 Å². The molecular formula is C24H18BrClN2O4. The van der Waals surface area contributed by atoms with Crippen LogP contribution in [-0.4, -0.2) is 25.0 Å². The quantitative estimate of drug-likeness (QED) is 0.451. The first-order valence-corrected chi connectivity index (χ1v) is 11.1. The zero-order valence-corrected chi connectivity index (χ0v) is 19.3. The Morgan fingerprint density at radius 2 is 1.69 bits per heavy atom. The smallest absolute Gasteiger partial charge is 0.266 e. The molecule has 2 amide bonds. The molecule has 162 valence electrons. The van der Waals surface area contributed by atoms with E-state index in [0.29, 0.717) is 16.5 Å². The Hall–Kier alpha value is -2.87. The molecule has 0 radical (unpaired) electrons. The summed E-state index contributed by atoms with van der Waals surface area (Å²) in [5.41, 5.74) is 2.02. The number of halogens is 2. The molecular weight excluding hydrogens is 496 g/mol. The van der Waals surface area contributed by atoms with E-state index in [9.17, 15) is 9.59 Å². The number of hydrogen-bond acceptors (Lipinski definition) is 5. The van der Waals surface area contributed by atoms with Crippen molar-refractivity contribution >= 4 is 50.7 Å². The van der Waals surface area contributed by atoms with E-state index in [1.54, 1.807) is 36.4 Å². The van der Waals surface area contributed by atoms with Crippen LogP contribution in [0.4, 0.5) is 11.4 Å². The maximum atomic E-state index is 13.6. The minimum absolute atomic E-state index is 0.322. The molecule has 2 aliphatic heterocycles. The van der Waals surface area contributed by atoms with Crippen LogP contribution in [0.3, 0.4) is 0 Å². The fourth-order valence-corrected chi connectivity index (χ4v) is 5.03. The molecule has 0 unspecified atom stereocenters.